The van der Waals surface area contributed by atoms with Crippen LogP contribution in [-0.2, 0) is 4.79 Å². The fraction of sp³-hybridized carbons (Fsp3) is 0.111. The zero-order valence-electron chi connectivity index (χ0n) is 8.34. The molecule has 8 heteroatoms. The molecule has 2 N–H and O–H groups in total. The monoisotopic (exact) mass is 242 g/mol. The van der Waals surface area contributed by atoms with Crippen molar-refractivity contribution >= 4 is 17.6 Å². The summed E-state index contributed by atoms with van der Waals surface area (Å²) >= 11 is 0. The van der Waals surface area contributed by atoms with Crippen LogP contribution in [0.4, 0.5) is 10.1 Å². The predicted octanol–water partition coefficient (Wildman–Crippen LogP) is 0.548. The predicted molar refractivity (Wildman–Crippen MR) is 53.0 cm³/mol. The second-order valence-electron chi connectivity index (χ2n) is 3.00. The molecule has 0 aliphatic rings. The molecule has 1 rings (SSSR count). The van der Waals surface area contributed by atoms with Crippen LogP contribution in [0.5, 0.6) is 0 Å². The maximum absolute atomic E-state index is 13.3. The molecule has 0 bridgehead atoms. The number of carbonyl (C=O) groups excluding carboxylic acids is 1. The Morgan fingerprint density at radius 3 is 2.59 bits per heavy atom. The van der Waals surface area contributed by atoms with Crippen LogP contribution in [-0.4, -0.2) is 28.5 Å². The number of carbonyl (C=O) groups is 2. The molecular weight excluding hydrogens is 235 g/mol. The molecule has 1 aromatic carbocycles. The minimum Gasteiger partial charge on any atom is -0.480 e. The van der Waals surface area contributed by atoms with Crippen molar-refractivity contribution in [3.63, 3.8) is 0 Å². The molecule has 0 fully saturated rings. The Morgan fingerprint density at radius 2 is 2.12 bits per heavy atom. The highest BCUT2D eigenvalue weighted by Gasteiger charge is 2.16. The number of benzene rings is 1. The third-order valence-electron chi connectivity index (χ3n) is 1.81. The summed E-state index contributed by atoms with van der Waals surface area (Å²) in [5.74, 6) is -3.30. The summed E-state index contributed by atoms with van der Waals surface area (Å²) in [5, 5.41) is 20.5. The fourth-order valence-electron chi connectivity index (χ4n) is 1.05. The second-order valence-corrected chi connectivity index (χ2v) is 3.00. The van der Waals surface area contributed by atoms with E-state index >= 15 is 0 Å². The van der Waals surface area contributed by atoms with Gasteiger partial charge in [-0.3, -0.25) is 19.7 Å². The molecule has 90 valence electrons. The number of nitro benzene ring substituents is 1. The molecule has 0 spiro atoms. The Morgan fingerprint density at radius 1 is 1.47 bits per heavy atom. The molecule has 0 atom stereocenters. The zero-order valence-corrected chi connectivity index (χ0v) is 8.34. The van der Waals surface area contributed by atoms with E-state index in [0.717, 1.165) is 12.1 Å². The molecular formula is C9H7FN2O5. The van der Waals surface area contributed by atoms with E-state index in [4.69, 9.17) is 5.11 Å². The highest BCUT2D eigenvalue weighted by atomic mass is 19.1. The zero-order chi connectivity index (χ0) is 13.0. The first kappa shape index (κ1) is 12.6. The Bertz CT molecular complexity index is 488. The summed E-state index contributed by atoms with van der Waals surface area (Å²) in [5.41, 5.74) is -0.936. The van der Waals surface area contributed by atoms with Gasteiger partial charge in [-0.05, 0) is 6.07 Å². The van der Waals surface area contributed by atoms with Crippen molar-refractivity contribution < 1.29 is 24.0 Å². The van der Waals surface area contributed by atoms with Crippen molar-refractivity contribution in [1.82, 2.24) is 5.32 Å². The van der Waals surface area contributed by atoms with Gasteiger partial charge in [0.05, 0.1) is 16.6 Å². The van der Waals surface area contributed by atoms with E-state index in [-0.39, 0.29) is 0 Å². The highest BCUT2D eigenvalue weighted by Crippen LogP contribution is 2.16. The van der Waals surface area contributed by atoms with Crippen molar-refractivity contribution in [2.75, 3.05) is 6.54 Å². The number of non-ortho nitro benzene ring substituents is 1. The molecule has 0 aromatic heterocycles. The molecule has 0 unspecified atom stereocenters. The first-order valence-corrected chi connectivity index (χ1v) is 4.35. The first-order valence-electron chi connectivity index (χ1n) is 4.35. The Hall–Kier alpha value is -2.51. The molecule has 0 saturated heterocycles. The third kappa shape index (κ3) is 3.23. The van der Waals surface area contributed by atoms with Gasteiger partial charge < -0.3 is 10.4 Å². The van der Waals surface area contributed by atoms with Crippen LogP contribution in [0.3, 0.4) is 0 Å². The normalized spacial score (nSPS) is 9.71. The van der Waals surface area contributed by atoms with Gasteiger partial charge in [0.2, 0.25) is 0 Å². The SMILES string of the molecule is O=C(O)CNC(=O)c1ccc([N+](=O)[O-])cc1F. The van der Waals surface area contributed by atoms with E-state index in [9.17, 15) is 24.1 Å². The number of nitrogens with one attached hydrogen (secondary N) is 1. The van der Waals surface area contributed by atoms with E-state index in [2.05, 4.69) is 0 Å². The summed E-state index contributed by atoms with van der Waals surface area (Å²) in [6, 6.07) is 2.47. The van der Waals surface area contributed by atoms with Gasteiger partial charge in [0, 0.05) is 6.07 Å². The average molecular weight is 242 g/mol. The molecule has 0 saturated carbocycles. The molecule has 0 heterocycles. The van der Waals surface area contributed by atoms with Gasteiger partial charge in [0.1, 0.15) is 12.4 Å². The summed E-state index contributed by atoms with van der Waals surface area (Å²) in [4.78, 5) is 30.9. The molecule has 7 nitrogen and oxygen atoms in total. The van der Waals surface area contributed by atoms with Crippen molar-refractivity contribution in [2.24, 2.45) is 0 Å². The fourth-order valence-corrected chi connectivity index (χ4v) is 1.05. The van der Waals surface area contributed by atoms with Crippen LogP contribution in [0.1, 0.15) is 10.4 Å². The number of hydrogen-bond donors (Lipinski definition) is 2. The van der Waals surface area contributed by atoms with E-state index in [1.54, 1.807) is 0 Å². The average Bonchev–Trinajstić information content (AvgIpc) is 2.25. The van der Waals surface area contributed by atoms with Crippen molar-refractivity contribution in [3.8, 4) is 0 Å². The van der Waals surface area contributed by atoms with Crippen LogP contribution >= 0.6 is 0 Å². The number of carboxylic acids is 1. The van der Waals surface area contributed by atoms with Crippen LogP contribution in [0, 0.1) is 15.9 Å². The number of rotatable bonds is 4. The van der Waals surface area contributed by atoms with E-state index in [1.165, 1.54) is 0 Å². The summed E-state index contributed by atoms with van der Waals surface area (Å²) in [6.07, 6.45) is 0. The second kappa shape index (κ2) is 5.01. The minimum absolute atomic E-state index is 0.447. The van der Waals surface area contributed by atoms with Crippen molar-refractivity contribution in [3.05, 3.63) is 39.7 Å². The Labute approximate surface area is 94.0 Å². The van der Waals surface area contributed by atoms with Gasteiger partial charge in [0.25, 0.3) is 11.6 Å². The molecule has 0 aliphatic carbocycles. The number of nitrogens with zero attached hydrogens (tertiary/aromatic N) is 1. The van der Waals surface area contributed by atoms with Gasteiger partial charge >= 0.3 is 5.97 Å². The lowest BCUT2D eigenvalue weighted by Gasteiger charge is -2.03. The Kier molecular flexibility index (Phi) is 3.70. The topological polar surface area (TPSA) is 110 Å². The quantitative estimate of drug-likeness (QED) is 0.591. The smallest absolute Gasteiger partial charge is 0.322 e. The Balaban J connectivity index is 2.88. The van der Waals surface area contributed by atoms with Gasteiger partial charge in [-0.2, -0.15) is 0 Å². The van der Waals surface area contributed by atoms with Gasteiger partial charge in [0.15, 0.2) is 0 Å². The van der Waals surface area contributed by atoms with Gasteiger partial charge in [-0.25, -0.2) is 4.39 Å². The van der Waals surface area contributed by atoms with Crippen LogP contribution < -0.4 is 5.32 Å². The van der Waals surface area contributed by atoms with E-state index in [1.807, 2.05) is 5.32 Å². The lowest BCUT2D eigenvalue weighted by atomic mass is 10.2. The van der Waals surface area contributed by atoms with Gasteiger partial charge in [-0.15, -0.1) is 0 Å². The standard InChI is InChI=1S/C9H7FN2O5/c10-7-3-5(12(16)17)1-2-6(7)9(15)11-4-8(13)14/h1-3H,4H2,(H,11,15)(H,13,14). The number of halogens is 1. The molecule has 0 aliphatic heterocycles. The van der Waals surface area contributed by atoms with Crippen LogP contribution in [0.15, 0.2) is 18.2 Å². The lowest BCUT2D eigenvalue weighted by molar-refractivity contribution is -0.385. The maximum atomic E-state index is 13.3. The largest absolute Gasteiger partial charge is 0.480 e. The number of carboxylic acid groups (broad SMARTS) is 1. The van der Waals surface area contributed by atoms with Crippen molar-refractivity contribution in [2.45, 2.75) is 0 Å². The molecule has 0 radical (unpaired) electrons. The number of amides is 1. The summed E-state index contributed by atoms with van der Waals surface area (Å²) in [7, 11) is 0. The maximum Gasteiger partial charge on any atom is 0.322 e. The van der Waals surface area contributed by atoms with E-state index < -0.39 is 40.4 Å². The van der Waals surface area contributed by atoms with E-state index in [0.29, 0.717) is 6.07 Å². The highest BCUT2D eigenvalue weighted by molar-refractivity contribution is 5.96. The van der Waals surface area contributed by atoms with Gasteiger partial charge in [-0.1, -0.05) is 0 Å². The molecule has 17 heavy (non-hydrogen) atoms. The third-order valence-corrected chi connectivity index (χ3v) is 1.81. The lowest BCUT2D eigenvalue weighted by Crippen LogP contribution is -2.29. The summed E-state index contributed by atoms with van der Waals surface area (Å²) in [6.45, 7) is -0.657. The molecule has 1 aromatic rings. The molecule has 1 amide bonds. The minimum atomic E-state index is -1.28. The number of hydrogen-bond acceptors (Lipinski definition) is 4. The van der Waals surface area contributed by atoms with Crippen LogP contribution in [0.25, 0.3) is 0 Å². The number of aliphatic carboxylic acids is 1. The number of nitro groups is 1. The first-order chi connectivity index (χ1) is 7.91. The van der Waals surface area contributed by atoms with Crippen molar-refractivity contribution in [1.29, 1.82) is 0 Å². The summed E-state index contributed by atoms with van der Waals surface area (Å²) < 4.78 is 13.3. The van der Waals surface area contributed by atoms with Crippen LogP contribution in [0.2, 0.25) is 0 Å².